The summed E-state index contributed by atoms with van der Waals surface area (Å²) in [6.45, 7) is 6.19. The van der Waals surface area contributed by atoms with Gasteiger partial charge in [0.2, 0.25) is 0 Å². The van der Waals surface area contributed by atoms with Gasteiger partial charge in [-0.05, 0) is 44.4 Å². The molecular weight excluding hydrogens is 246 g/mol. The van der Waals surface area contributed by atoms with Crippen LogP contribution in [0, 0.1) is 6.92 Å². The highest BCUT2D eigenvalue weighted by atomic mass is 16.5. The molecule has 0 fully saturated rings. The molecule has 2 aromatic carbocycles. The fraction of sp³-hybridized carbons (Fsp3) is 0.333. The van der Waals surface area contributed by atoms with Gasteiger partial charge in [0.1, 0.15) is 5.75 Å². The minimum absolute atomic E-state index is 0.0500. The number of para-hydroxylation sites is 1. The summed E-state index contributed by atoms with van der Waals surface area (Å²) < 4.78 is 5.85. The first-order valence-electron chi connectivity index (χ1n) is 7.13. The molecule has 0 aliphatic heterocycles. The largest absolute Gasteiger partial charge is 0.491 e. The van der Waals surface area contributed by atoms with Crippen molar-refractivity contribution in [2.45, 2.75) is 39.3 Å². The summed E-state index contributed by atoms with van der Waals surface area (Å²) in [5.41, 5.74) is 10.0. The summed E-state index contributed by atoms with van der Waals surface area (Å²) in [6.07, 6.45) is 0.979. The van der Waals surface area contributed by atoms with Crippen LogP contribution in [0.15, 0.2) is 48.5 Å². The van der Waals surface area contributed by atoms with Crippen molar-refractivity contribution in [3.8, 4) is 5.75 Å². The van der Waals surface area contributed by atoms with Gasteiger partial charge in [-0.15, -0.1) is 0 Å². The van der Waals surface area contributed by atoms with E-state index in [0.29, 0.717) is 0 Å². The lowest BCUT2D eigenvalue weighted by Gasteiger charge is -2.19. The summed E-state index contributed by atoms with van der Waals surface area (Å²) in [6, 6.07) is 16.4. The number of hydrogen-bond acceptors (Lipinski definition) is 2. The Kier molecular flexibility index (Phi) is 4.80. The van der Waals surface area contributed by atoms with Crippen LogP contribution in [-0.4, -0.2) is 6.10 Å². The van der Waals surface area contributed by atoms with Crippen LogP contribution in [0.5, 0.6) is 5.75 Å². The highest BCUT2D eigenvalue weighted by molar-refractivity contribution is 5.37. The monoisotopic (exact) mass is 269 g/mol. The van der Waals surface area contributed by atoms with Crippen LogP contribution in [0.3, 0.4) is 0 Å². The van der Waals surface area contributed by atoms with Crippen LogP contribution in [-0.2, 0) is 6.42 Å². The maximum Gasteiger partial charge on any atom is 0.124 e. The fourth-order valence-corrected chi connectivity index (χ4v) is 2.33. The number of hydrogen-bond donors (Lipinski definition) is 1. The van der Waals surface area contributed by atoms with E-state index in [1.807, 2.05) is 32.0 Å². The van der Waals surface area contributed by atoms with Crippen molar-refractivity contribution in [1.29, 1.82) is 0 Å². The summed E-state index contributed by atoms with van der Waals surface area (Å²) in [4.78, 5) is 0. The van der Waals surface area contributed by atoms with Crippen LogP contribution in [0.25, 0.3) is 0 Å². The zero-order chi connectivity index (χ0) is 14.5. The van der Waals surface area contributed by atoms with Gasteiger partial charge >= 0.3 is 0 Å². The fourth-order valence-electron chi connectivity index (χ4n) is 2.33. The Morgan fingerprint density at radius 3 is 2.35 bits per heavy atom. The Balaban J connectivity index is 2.21. The average Bonchev–Trinajstić information content (AvgIpc) is 2.41. The molecule has 2 heteroatoms. The summed E-state index contributed by atoms with van der Waals surface area (Å²) >= 11 is 0. The van der Waals surface area contributed by atoms with Gasteiger partial charge in [-0.1, -0.05) is 42.5 Å². The summed E-state index contributed by atoms with van der Waals surface area (Å²) in [5, 5.41) is 0. The van der Waals surface area contributed by atoms with Crippen molar-refractivity contribution in [3.63, 3.8) is 0 Å². The van der Waals surface area contributed by atoms with E-state index in [1.54, 1.807) is 0 Å². The molecule has 20 heavy (non-hydrogen) atoms. The standard InChI is InChI=1S/C18H23NO/c1-13(2)20-18-11-7-6-10-16(18)17(19)12-15-9-5-4-8-14(15)3/h4-11,13,17H,12,19H2,1-3H3. The zero-order valence-electron chi connectivity index (χ0n) is 12.5. The van der Waals surface area contributed by atoms with Crippen molar-refractivity contribution >= 4 is 0 Å². The molecular formula is C18H23NO. The van der Waals surface area contributed by atoms with E-state index >= 15 is 0 Å². The number of nitrogens with two attached hydrogens (primary N) is 1. The number of aryl methyl sites for hydroxylation is 1. The maximum atomic E-state index is 6.39. The second-order valence-corrected chi connectivity index (χ2v) is 5.44. The molecule has 0 aliphatic rings. The van der Waals surface area contributed by atoms with Crippen LogP contribution in [0.4, 0.5) is 0 Å². The summed E-state index contributed by atoms with van der Waals surface area (Å²) in [7, 11) is 0. The molecule has 0 aliphatic carbocycles. The minimum atomic E-state index is -0.0500. The van der Waals surface area contributed by atoms with Crippen LogP contribution >= 0.6 is 0 Å². The van der Waals surface area contributed by atoms with Gasteiger partial charge in [0.15, 0.2) is 0 Å². The van der Waals surface area contributed by atoms with Crippen LogP contribution in [0.1, 0.15) is 36.6 Å². The molecule has 0 heterocycles. The van der Waals surface area contributed by atoms with Gasteiger partial charge in [-0.25, -0.2) is 0 Å². The molecule has 1 unspecified atom stereocenters. The lowest BCUT2D eigenvalue weighted by atomic mass is 9.96. The third-order valence-corrected chi connectivity index (χ3v) is 3.38. The number of ether oxygens (including phenoxy) is 1. The van der Waals surface area contributed by atoms with E-state index in [0.717, 1.165) is 17.7 Å². The molecule has 1 atom stereocenters. The van der Waals surface area contributed by atoms with E-state index in [-0.39, 0.29) is 12.1 Å². The third-order valence-electron chi connectivity index (χ3n) is 3.38. The minimum Gasteiger partial charge on any atom is -0.491 e. The Morgan fingerprint density at radius 2 is 1.65 bits per heavy atom. The highest BCUT2D eigenvalue weighted by Gasteiger charge is 2.14. The van der Waals surface area contributed by atoms with Crippen molar-refractivity contribution in [1.82, 2.24) is 0 Å². The quantitative estimate of drug-likeness (QED) is 0.889. The molecule has 2 N–H and O–H groups in total. The molecule has 106 valence electrons. The molecule has 0 aromatic heterocycles. The van der Waals surface area contributed by atoms with Crippen molar-refractivity contribution in [2.24, 2.45) is 5.73 Å². The third kappa shape index (κ3) is 3.61. The normalized spacial score (nSPS) is 12.4. The van der Waals surface area contributed by atoms with E-state index in [9.17, 15) is 0 Å². The van der Waals surface area contributed by atoms with Gasteiger partial charge in [-0.3, -0.25) is 0 Å². The Hall–Kier alpha value is -1.80. The summed E-state index contributed by atoms with van der Waals surface area (Å²) in [5.74, 6) is 0.892. The molecule has 0 saturated heterocycles. The Morgan fingerprint density at radius 1 is 1.00 bits per heavy atom. The Bertz CT molecular complexity index is 563. The average molecular weight is 269 g/mol. The van der Waals surface area contributed by atoms with Crippen molar-refractivity contribution in [3.05, 3.63) is 65.2 Å². The van der Waals surface area contributed by atoms with Gasteiger partial charge in [-0.2, -0.15) is 0 Å². The smallest absolute Gasteiger partial charge is 0.124 e. The van der Waals surface area contributed by atoms with Gasteiger partial charge in [0, 0.05) is 11.6 Å². The van der Waals surface area contributed by atoms with Gasteiger partial charge in [0.25, 0.3) is 0 Å². The molecule has 2 rings (SSSR count). The maximum absolute atomic E-state index is 6.39. The SMILES string of the molecule is Cc1ccccc1CC(N)c1ccccc1OC(C)C. The molecule has 0 radical (unpaired) electrons. The first-order valence-corrected chi connectivity index (χ1v) is 7.13. The predicted molar refractivity (Wildman–Crippen MR) is 84.0 cm³/mol. The van der Waals surface area contributed by atoms with Crippen LogP contribution < -0.4 is 10.5 Å². The molecule has 0 amide bonds. The zero-order valence-corrected chi connectivity index (χ0v) is 12.5. The molecule has 0 spiro atoms. The van der Waals surface area contributed by atoms with E-state index < -0.39 is 0 Å². The Labute approximate surface area is 121 Å². The lowest BCUT2D eigenvalue weighted by Crippen LogP contribution is -2.17. The lowest BCUT2D eigenvalue weighted by molar-refractivity contribution is 0.238. The van der Waals surface area contributed by atoms with Gasteiger partial charge < -0.3 is 10.5 Å². The second-order valence-electron chi connectivity index (χ2n) is 5.44. The van der Waals surface area contributed by atoms with Crippen molar-refractivity contribution < 1.29 is 4.74 Å². The first-order chi connectivity index (χ1) is 9.58. The molecule has 2 nitrogen and oxygen atoms in total. The molecule has 0 bridgehead atoms. The van der Waals surface area contributed by atoms with E-state index in [1.165, 1.54) is 11.1 Å². The molecule has 2 aromatic rings. The number of benzene rings is 2. The first kappa shape index (κ1) is 14.6. The van der Waals surface area contributed by atoms with E-state index in [2.05, 4.69) is 37.3 Å². The van der Waals surface area contributed by atoms with Gasteiger partial charge in [0.05, 0.1) is 6.10 Å². The number of rotatable bonds is 5. The van der Waals surface area contributed by atoms with Crippen LogP contribution in [0.2, 0.25) is 0 Å². The second kappa shape index (κ2) is 6.58. The predicted octanol–water partition coefficient (Wildman–Crippen LogP) is 4.02. The van der Waals surface area contributed by atoms with E-state index in [4.69, 9.17) is 10.5 Å². The highest BCUT2D eigenvalue weighted by Crippen LogP contribution is 2.27. The topological polar surface area (TPSA) is 35.2 Å². The molecule has 0 saturated carbocycles. The van der Waals surface area contributed by atoms with Crippen molar-refractivity contribution in [2.75, 3.05) is 0 Å².